The molecule has 1 amide bonds. The fraction of sp³-hybridized carbons (Fsp3) is 0.348. The van der Waals surface area contributed by atoms with Crippen molar-refractivity contribution >= 4 is 15.9 Å². The minimum atomic E-state index is -3.58. The van der Waals surface area contributed by atoms with Crippen LogP contribution in [0.25, 0.3) is 16.9 Å². The molecule has 4 rings (SSSR count). The Bertz CT molecular complexity index is 1280. The van der Waals surface area contributed by atoms with Crippen LogP contribution in [0.4, 0.5) is 0 Å². The number of carbonyl (C=O) groups is 1. The molecule has 1 aromatic carbocycles. The van der Waals surface area contributed by atoms with Gasteiger partial charge in [0.25, 0.3) is 0 Å². The van der Waals surface area contributed by atoms with Crippen molar-refractivity contribution in [2.75, 3.05) is 13.2 Å². The first-order chi connectivity index (χ1) is 16.4. The second kappa shape index (κ2) is 10.3. The molecule has 3 aromatic rings. The molecule has 11 heteroatoms. The van der Waals surface area contributed by atoms with E-state index < -0.39 is 10.0 Å². The van der Waals surface area contributed by atoms with Crippen LogP contribution in [0.1, 0.15) is 36.7 Å². The van der Waals surface area contributed by atoms with E-state index >= 15 is 0 Å². The van der Waals surface area contributed by atoms with Crippen LogP contribution < -0.4 is 10.2 Å². The zero-order valence-electron chi connectivity index (χ0n) is 19.0. The van der Waals surface area contributed by atoms with Crippen LogP contribution in [0.2, 0.25) is 0 Å². The van der Waals surface area contributed by atoms with Crippen molar-refractivity contribution in [3.63, 3.8) is 0 Å². The Hall–Kier alpha value is -3.28. The molecule has 0 aliphatic heterocycles. The van der Waals surface area contributed by atoms with Gasteiger partial charge in [0.2, 0.25) is 15.9 Å². The Morgan fingerprint density at radius 1 is 1.29 bits per heavy atom. The first-order valence-electron chi connectivity index (χ1n) is 11.2. The third-order valence-electron chi connectivity index (χ3n) is 5.59. The van der Waals surface area contributed by atoms with E-state index in [0.29, 0.717) is 24.3 Å². The lowest BCUT2D eigenvalue weighted by atomic mass is 9.93. The highest BCUT2D eigenvalue weighted by Crippen LogP contribution is 2.36. The van der Waals surface area contributed by atoms with Crippen molar-refractivity contribution in [3.8, 4) is 16.9 Å². The van der Waals surface area contributed by atoms with Crippen LogP contribution in [0.3, 0.4) is 0 Å². The van der Waals surface area contributed by atoms with Crippen LogP contribution in [0.5, 0.6) is 0 Å². The van der Waals surface area contributed by atoms with Gasteiger partial charge in [-0.05, 0) is 43.5 Å². The molecule has 0 saturated heterocycles. The summed E-state index contributed by atoms with van der Waals surface area (Å²) >= 11 is 0. The lowest BCUT2D eigenvalue weighted by Gasteiger charge is -2.15. The molecule has 1 aliphatic carbocycles. The number of aryl methyl sites for hydroxylation is 1. The number of aromatic amines is 1. The summed E-state index contributed by atoms with van der Waals surface area (Å²) in [5.41, 5.74) is 7.45. The Morgan fingerprint density at radius 2 is 2.09 bits per heavy atom. The molecule has 0 radical (unpaired) electrons. The van der Waals surface area contributed by atoms with Gasteiger partial charge >= 0.3 is 0 Å². The minimum Gasteiger partial charge on any atom is -0.282 e. The number of sulfonamides is 1. The minimum absolute atomic E-state index is 0.0491. The van der Waals surface area contributed by atoms with E-state index in [1.54, 1.807) is 41.2 Å². The van der Waals surface area contributed by atoms with Crippen molar-refractivity contribution in [1.29, 1.82) is 0 Å². The van der Waals surface area contributed by atoms with Gasteiger partial charge in [0, 0.05) is 23.4 Å². The van der Waals surface area contributed by atoms with Crippen molar-refractivity contribution in [1.82, 2.24) is 30.2 Å². The molecule has 10 nitrogen and oxygen atoms in total. The molecule has 34 heavy (non-hydrogen) atoms. The maximum atomic E-state index is 12.5. The quantitative estimate of drug-likeness (QED) is 0.217. The van der Waals surface area contributed by atoms with Crippen molar-refractivity contribution in [2.24, 2.45) is 0 Å². The van der Waals surface area contributed by atoms with Crippen molar-refractivity contribution < 1.29 is 18.0 Å². The van der Waals surface area contributed by atoms with Crippen molar-refractivity contribution in [3.05, 3.63) is 60.1 Å². The van der Waals surface area contributed by atoms with Crippen LogP contribution in [0, 0.1) is 0 Å². The summed E-state index contributed by atoms with van der Waals surface area (Å²) in [7, 11) is -3.58. The summed E-state index contributed by atoms with van der Waals surface area (Å²) in [6.45, 7) is 6.16. The van der Waals surface area contributed by atoms with Gasteiger partial charge in [0.1, 0.15) is 0 Å². The van der Waals surface area contributed by atoms with Gasteiger partial charge in [-0.3, -0.25) is 14.7 Å². The SMILES string of the molecule is C=CCONC(=O)Cc1nn(-c2ccc(S(=O)(=O)NCCCC)cc2)c2c1CCc1[nH]ncc1-2. The summed E-state index contributed by atoms with van der Waals surface area (Å²) in [4.78, 5) is 17.6. The van der Waals surface area contributed by atoms with Crippen LogP contribution >= 0.6 is 0 Å². The van der Waals surface area contributed by atoms with Crippen molar-refractivity contribution in [2.45, 2.75) is 43.9 Å². The molecule has 0 saturated carbocycles. The van der Waals surface area contributed by atoms with Gasteiger partial charge < -0.3 is 0 Å². The smallest absolute Gasteiger partial charge is 0.249 e. The standard InChI is InChI=1S/C23H28N6O4S/c1-3-5-12-25-34(31,32)17-8-6-16(7-9-17)29-23-18(10-11-20-19(23)15-24-26-20)21(27-29)14-22(30)28-33-13-4-2/h4,6-9,15,25H,2-3,5,10-14H2,1H3,(H,24,26)(H,28,30). The molecule has 0 spiro atoms. The number of carbonyl (C=O) groups excluding carboxylic acids is 1. The second-order valence-corrected chi connectivity index (χ2v) is 9.76. The largest absolute Gasteiger partial charge is 0.282 e. The number of hydrogen-bond acceptors (Lipinski definition) is 6. The fourth-order valence-electron chi connectivity index (χ4n) is 3.92. The second-order valence-electron chi connectivity index (χ2n) is 7.99. The number of amides is 1. The summed E-state index contributed by atoms with van der Waals surface area (Å²) in [5.74, 6) is -0.313. The topological polar surface area (TPSA) is 131 Å². The predicted octanol–water partition coefficient (Wildman–Crippen LogP) is 2.22. The normalized spacial score (nSPS) is 12.7. The number of benzene rings is 1. The predicted molar refractivity (Wildman–Crippen MR) is 127 cm³/mol. The molecule has 1 aliphatic rings. The average molecular weight is 485 g/mol. The molecule has 2 aromatic heterocycles. The number of aromatic nitrogens is 4. The van der Waals surface area contributed by atoms with Crippen LogP contribution in [-0.2, 0) is 38.9 Å². The first-order valence-corrected chi connectivity index (χ1v) is 12.7. The number of unbranched alkanes of at least 4 members (excludes halogenated alkanes) is 1. The fourth-order valence-corrected chi connectivity index (χ4v) is 5.00. The lowest BCUT2D eigenvalue weighted by Crippen LogP contribution is -2.26. The first kappa shape index (κ1) is 23.9. The zero-order valence-corrected chi connectivity index (χ0v) is 19.8. The summed E-state index contributed by atoms with van der Waals surface area (Å²) < 4.78 is 29.4. The molecule has 0 bridgehead atoms. The summed E-state index contributed by atoms with van der Waals surface area (Å²) in [5, 5.41) is 11.9. The number of hydrogen-bond donors (Lipinski definition) is 3. The number of H-pyrrole nitrogens is 1. The van der Waals surface area contributed by atoms with Crippen LogP contribution in [-0.4, -0.2) is 47.5 Å². The highest BCUT2D eigenvalue weighted by atomic mass is 32.2. The summed E-state index contributed by atoms with van der Waals surface area (Å²) in [6, 6.07) is 6.55. The van der Waals surface area contributed by atoms with E-state index in [9.17, 15) is 13.2 Å². The highest BCUT2D eigenvalue weighted by Gasteiger charge is 2.28. The maximum Gasteiger partial charge on any atom is 0.249 e. The van der Waals surface area contributed by atoms with Gasteiger partial charge in [0.15, 0.2) is 0 Å². The van der Waals surface area contributed by atoms with E-state index in [1.807, 2.05) is 6.92 Å². The Kier molecular flexibility index (Phi) is 7.25. The average Bonchev–Trinajstić information content (AvgIpc) is 3.44. The van der Waals surface area contributed by atoms with Gasteiger partial charge in [0.05, 0.1) is 41.2 Å². The molecule has 0 atom stereocenters. The van der Waals surface area contributed by atoms with E-state index in [2.05, 4.69) is 27.0 Å². The number of hydroxylamine groups is 1. The molecule has 0 fully saturated rings. The zero-order chi connectivity index (χ0) is 24.1. The Balaban J connectivity index is 1.66. The molecule has 3 N–H and O–H groups in total. The third kappa shape index (κ3) is 4.96. The highest BCUT2D eigenvalue weighted by molar-refractivity contribution is 7.89. The lowest BCUT2D eigenvalue weighted by molar-refractivity contribution is -0.131. The Labute approximate surface area is 198 Å². The van der Waals surface area contributed by atoms with Gasteiger partial charge in [-0.15, -0.1) is 6.58 Å². The molecular formula is C23H28N6O4S. The third-order valence-corrected chi connectivity index (χ3v) is 7.07. The number of rotatable bonds is 11. The molecule has 2 heterocycles. The number of nitrogens with one attached hydrogen (secondary N) is 3. The van der Waals surface area contributed by atoms with Gasteiger partial charge in [-0.1, -0.05) is 19.4 Å². The van der Waals surface area contributed by atoms with Crippen LogP contribution in [0.15, 0.2) is 48.0 Å². The van der Waals surface area contributed by atoms with E-state index in [4.69, 9.17) is 9.94 Å². The van der Waals surface area contributed by atoms with Gasteiger partial charge in [-0.2, -0.15) is 10.2 Å². The Morgan fingerprint density at radius 3 is 2.82 bits per heavy atom. The molecular weight excluding hydrogens is 456 g/mol. The molecule has 180 valence electrons. The van der Waals surface area contributed by atoms with E-state index in [0.717, 1.165) is 41.8 Å². The maximum absolute atomic E-state index is 12.5. The van der Waals surface area contributed by atoms with E-state index in [1.165, 1.54) is 0 Å². The molecule has 0 unspecified atom stereocenters. The summed E-state index contributed by atoms with van der Waals surface area (Å²) in [6.07, 6.45) is 6.49. The van der Waals surface area contributed by atoms with E-state index in [-0.39, 0.29) is 23.8 Å². The number of nitrogens with zero attached hydrogens (tertiary/aromatic N) is 3. The van der Waals surface area contributed by atoms with Gasteiger partial charge in [-0.25, -0.2) is 23.3 Å². The number of fused-ring (bicyclic) bond motifs is 3. The monoisotopic (exact) mass is 484 g/mol.